The summed E-state index contributed by atoms with van der Waals surface area (Å²) in [6.45, 7) is 4.94. The van der Waals surface area contributed by atoms with Crippen LogP contribution in [0.2, 0.25) is 0 Å². The number of thiophene rings is 1. The molecule has 1 fully saturated rings. The lowest BCUT2D eigenvalue weighted by atomic mass is 10.0. The summed E-state index contributed by atoms with van der Waals surface area (Å²) in [5.74, 6) is 0.589. The molecule has 0 aliphatic heterocycles. The van der Waals surface area contributed by atoms with E-state index in [1.165, 1.54) is 4.88 Å². The lowest BCUT2D eigenvalue weighted by molar-refractivity contribution is -0.134. The van der Waals surface area contributed by atoms with Gasteiger partial charge in [0.15, 0.2) is 0 Å². The molecule has 3 nitrogen and oxygen atoms in total. The minimum absolute atomic E-state index is 0.125. The summed E-state index contributed by atoms with van der Waals surface area (Å²) in [7, 11) is 0. The number of hydrogen-bond donors (Lipinski definition) is 1. The van der Waals surface area contributed by atoms with E-state index in [4.69, 9.17) is 5.73 Å². The Morgan fingerprint density at radius 2 is 2.28 bits per heavy atom. The number of amides is 1. The highest BCUT2D eigenvalue weighted by Gasteiger charge is 2.34. The van der Waals surface area contributed by atoms with Crippen LogP contribution in [0.15, 0.2) is 17.5 Å². The van der Waals surface area contributed by atoms with Crippen LogP contribution in [-0.2, 0) is 11.3 Å². The van der Waals surface area contributed by atoms with E-state index >= 15 is 0 Å². The second-order valence-electron chi connectivity index (χ2n) is 5.51. The van der Waals surface area contributed by atoms with Crippen LogP contribution in [0.3, 0.4) is 0 Å². The lowest BCUT2D eigenvalue weighted by Crippen LogP contribution is -2.45. The Kier molecular flexibility index (Phi) is 4.40. The highest BCUT2D eigenvalue weighted by Crippen LogP contribution is 2.30. The molecule has 1 heterocycles. The zero-order valence-electron chi connectivity index (χ0n) is 11.1. The number of nitrogens with two attached hydrogens (primary N) is 1. The molecule has 0 unspecified atom stereocenters. The number of nitrogens with zero attached hydrogens (tertiary/aromatic N) is 1. The minimum atomic E-state index is -0.342. The van der Waals surface area contributed by atoms with Gasteiger partial charge in [-0.25, -0.2) is 0 Å². The van der Waals surface area contributed by atoms with Gasteiger partial charge in [-0.3, -0.25) is 4.79 Å². The number of carbonyl (C=O) groups is 1. The molecule has 1 saturated carbocycles. The Labute approximate surface area is 113 Å². The maximum Gasteiger partial charge on any atom is 0.240 e. The smallest absolute Gasteiger partial charge is 0.240 e. The van der Waals surface area contributed by atoms with Crippen molar-refractivity contribution >= 4 is 17.2 Å². The van der Waals surface area contributed by atoms with Gasteiger partial charge >= 0.3 is 0 Å². The van der Waals surface area contributed by atoms with Crippen LogP contribution in [0, 0.1) is 5.92 Å². The van der Waals surface area contributed by atoms with E-state index in [-0.39, 0.29) is 11.9 Å². The molecule has 0 bridgehead atoms. The van der Waals surface area contributed by atoms with E-state index in [2.05, 4.69) is 25.3 Å². The van der Waals surface area contributed by atoms with Gasteiger partial charge < -0.3 is 10.6 Å². The van der Waals surface area contributed by atoms with Gasteiger partial charge in [0.25, 0.3) is 0 Å². The molecule has 1 atom stereocenters. The molecule has 1 aromatic heterocycles. The molecular weight excluding hydrogens is 244 g/mol. The zero-order chi connectivity index (χ0) is 13.1. The second-order valence-corrected chi connectivity index (χ2v) is 6.54. The summed E-state index contributed by atoms with van der Waals surface area (Å²) in [6, 6.07) is 4.20. The predicted octanol–water partition coefficient (Wildman–Crippen LogP) is 2.61. The van der Waals surface area contributed by atoms with Crippen LogP contribution in [0.5, 0.6) is 0 Å². The van der Waals surface area contributed by atoms with E-state index in [1.807, 2.05) is 11.0 Å². The Bertz CT molecular complexity index is 385. The fourth-order valence-corrected chi connectivity index (χ4v) is 2.87. The third-order valence-electron chi connectivity index (χ3n) is 3.22. The van der Waals surface area contributed by atoms with Gasteiger partial charge in [-0.05, 0) is 36.6 Å². The molecule has 1 amide bonds. The molecule has 0 saturated heterocycles. The van der Waals surface area contributed by atoms with E-state index in [0.29, 0.717) is 12.0 Å². The second kappa shape index (κ2) is 5.85. The van der Waals surface area contributed by atoms with Crippen molar-refractivity contribution < 1.29 is 4.79 Å². The van der Waals surface area contributed by atoms with Crippen molar-refractivity contribution in [2.24, 2.45) is 11.7 Å². The third kappa shape index (κ3) is 3.56. The van der Waals surface area contributed by atoms with Gasteiger partial charge in [-0.15, -0.1) is 11.3 Å². The molecule has 0 spiro atoms. The molecule has 100 valence electrons. The first-order valence-corrected chi connectivity index (χ1v) is 7.54. The molecule has 0 aromatic carbocycles. The number of rotatable bonds is 6. The van der Waals surface area contributed by atoms with Crippen LogP contribution < -0.4 is 5.73 Å². The SMILES string of the molecule is CC(C)C[C@H](N)C(=O)N(Cc1cccs1)C1CC1. The first-order valence-electron chi connectivity index (χ1n) is 6.66. The lowest BCUT2D eigenvalue weighted by Gasteiger charge is -2.26. The molecule has 2 N–H and O–H groups in total. The summed E-state index contributed by atoms with van der Waals surface area (Å²) in [4.78, 5) is 15.6. The molecule has 1 aliphatic rings. The zero-order valence-corrected chi connectivity index (χ0v) is 12.0. The predicted molar refractivity (Wildman–Crippen MR) is 75.3 cm³/mol. The molecule has 18 heavy (non-hydrogen) atoms. The van der Waals surface area contributed by atoms with Crippen LogP contribution in [-0.4, -0.2) is 22.9 Å². The fraction of sp³-hybridized carbons (Fsp3) is 0.643. The Balaban J connectivity index is 1.98. The average Bonchev–Trinajstić information content (AvgIpc) is 3.02. The highest BCUT2D eigenvalue weighted by atomic mass is 32.1. The maximum absolute atomic E-state index is 12.4. The van der Waals surface area contributed by atoms with Crippen molar-refractivity contribution in [3.8, 4) is 0 Å². The Morgan fingerprint density at radius 1 is 1.56 bits per heavy atom. The molecule has 4 heteroatoms. The van der Waals surface area contributed by atoms with Gasteiger partial charge in [-0.1, -0.05) is 19.9 Å². The first kappa shape index (κ1) is 13.6. The van der Waals surface area contributed by atoms with E-state index in [9.17, 15) is 4.79 Å². The van der Waals surface area contributed by atoms with Crippen molar-refractivity contribution in [3.63, 3.8) is 0 Å². The van der Waals surface area contributed by atoms with E-state index in [1.54, 1.807) is 11.3 Å². The van der Waals surface area contributed by atoms with Gasteiger partial charge in [0, 0.05) is 10.9 Å². The summed E-state index contributed by atoms with van der Waals surface area (Å²) in [6.07, 6.45) is 3.03. The number of hydrogen-bond acceptors (Lipinski definition) is 3. The summed E-state index contributed by atoms with van der Waals surface area (Å²) in [5, 5.41) is 2.05. The topological polar surface area (TPSA) is 46.3 Å². The van der Waals surface area contributed by atoms with Gasteiger partial charge in [0.2, 0.25) is 5.91 Å². The van der Waals surface area contributed by atoms with Gasteiger partial charge in [0.1, 0.15) is 0 Å². The fourth-order valence-electron chi connectivity index (χ4n) is 2.17. The van der Waals surface area contributed by atoms with Gasteiger partial charge in [0.05, 0.1) is 12.6 Å². The standard InChI is InChI=1S/C14H22N2OS/c1-10(2)8-13(15)14(17)16(11-5-6-11)9-12-4-3-7-18-12/h3-4,7,10-11,13H,5-6,8-9,15H2,1-2H3/t13-/m0/s1. The normalized spacial score (nSPS) is 16.9. The Hall–Kier alpha value is -0.870. The largest absolute Gasteiger partial charge is 0.333 e. The molecular formula is C14H22N2OS. The quantitative estimate of drug-likeness (QED) is 0.860. The van der Waals surface area contributed by atoms with E-state index in [0.717, 1.165) is 25.8 Å². The van der Waals surface area contributed by atoms with Crippen LogP contribution in [0.25, 0.3) is 0 Å². The van der Waals surface area contributed by atoms with Crippen molar-refractivity contribution in [3.05, 3.63) is 22.4 Å². The molecule has 1 aliphatic carbocycles. The van der Waals surface area contributed by atoms with Crippen LogP contribution in [0.4, 0.5) is 0 Å². The molecule has 1 aromatic rings. The molecule has 0 radical (unpaired) electrons. The first-order chi connectivity index (χ1) is 8.58. The summed E-state index contributed by atoms with van der Waals surface area (Å²) in [5.41, 5.74) is 6.03. The Morgan fingerprint density at radius 3 is 2.78 bits per heavy atom. The van der Waals surface area contributed by atoms with Gasteiger partial charge in [-0.2, -0.15) is 0 Å². The highest BCUT2D eigenvalue weighted by molar-refractivity contribution is 7.09. The van der Waals surface area contributed by atoms with Crippen LogP contribution in [0.1, 0.15) is 38.0 Å². The average molecular weight is 266 g/mol. The van der Waals surface area contributed by atoms with Crippen molar-refractivity contribution in [2.45, 2.75) is 51.7 Å². The molecule has 2 rings (SSSR count). The van der Waals surface area contributed by atoms with Crippen molar-refractivity contribution in [1.29, 1.82) is 0 Å². The monoisotopic (exact) mass is 266 g/mol. The van der Waals surface area contributed by atoms with Crippen molar-refractivity contribution in [2.75, 3.05) is 0 Å². The van der Waals surface area contributed by atoms with Crippen LogP contribution >= 0.6 is 11.3 Å². The minimum Gasteiger partial charge on any atom is -0.333 e. The summed E-state index contributed by atoms with van der Waals surface area (Å²) >= 11 is 1.70. The number of carbonyl (C=O) groups excluding carboxylic acids is 1. The maximum atomic E-state index is 12.4. The van der Waals surface area contributed by atoms with E-state index < -0.39 is 0 Å². The summed E-state index contributed by atoms with van der Waals surface area (Å²) < 4.78 is 0. The van der Waals surface area contributed by atoms with Crippen molar-refractivity contribution in [1.82, 2.24) is 4.90 Å². The third-order valence-corrected chi connectivity index (χ3v) is 4.08.